The zero-order chi connectivity index (χ0) is 24.6. The summed E-state index contributed by atoms with van der Waals surface area (Å²) in [6.45, 7) is 3.32. The molecule has 1 amide bonds. The van der Waals surface area contributed by atoms with Gasteiger partial charge in [-0.2, -0.15) is 0 Å². The summed E-state index contributed by atoms with van der Waals surface area (Å²) < 4.78 is 12.0. The molecule has 0 bridgehead atoms. The second-order valence-electron chi connectivity index (χ2n) is 9.72. The first kappa shape index (κ1) is 24.3. The normalized spacial score (nSPS) is 22.4. The number of amides is 1. The summed E-state index contributed by atoms with van der Waals surface area (Å²) in [5.41, 5.74) is 2.40. The molecule has 2 fully saturated rings. The van der Waals surface area contributed by atoms with E-state index >= 15 is 0 Å². The van der Waals surface area contributed by atoms with Crippen LogP contribution < -0.4 is 4.74 Å². The average molecular weight is 503 g/mol. The summed E-state index contributed by atoms with van der Waals surface area (Å²) in [6.07, 6.45) is 0.926. The molecule has 0 radical (unpaired) electrons. The second-order valence-corrected chi connectivity index (χ2v) is 10.2. The van der Waals surface area contributed by atoms with E-state index in [1.54, 1.807) is 4.90 Å². The Kier molecular flexibility index (Phi) is 6.92. The second kappa shape index (κ2) is 9.95. The molecule has 0 unspecified atom stereocenters. The highest BCUT2D eigenvalue weighted by Crippen LogP contribution is 2.44. The van der Waals surface area contributed by atoms with Crippen LogP contribution in [0.1, 0.15) is 40.7 Å². The number of hydrogen-bond donors (Lipinski definition) is 3. The minimum Gasteiger partial charge on any atom is -0.508 e. The number of likely N-dealkylation sites (tertiary alicyclic amines) is 2. The number of carbonyl (C=O) groups is 1. The molecule has 5 rings (SSSR count). The van der Waals surface area contributed by atoms with Crippen LogP contribution in [-0.4, -0.2) is 82.6 Å². The number of fused-ring (bicyclic) bond motifs is 2. The van der Waals surface area contributed by atoms with Gasteiger partial charge in [0, 0.05) is 43.8 Å². The van der Waals surface area contributed by atoms with E-state index in [9.17, 15) is 20.1 Å². The Morgan fingerprint density at radius 3 is 2.74 bits per heavy atom. The molecule has 0 aromatic heterocycles. The molecule has 9 heteroatoms. The molecule has 2 aromatic carbocycles. The maximum absolute atomic E-state index is 12.9. The standard InChI is InChI=1S/C26H31ClN2O6/c27-18-1-4-23-17(11-18)15-35-26(23)6-9-28(10-7-26)13-21(32)16-34-24-12-19(30)2-3-22(24)25(33)29-8-5-20(31)14-29/h1-4,11-12,20-21,30-32H,5-10,13-16H2/t20-,21+/m0/s1. The highest BCUT2D eigenvalue weighted by atomic mass is 35.5. The van der Waals surface area contributed by atoms with Crippen LogP contribution in [0.25, 0.3) is 0 Å². The molecule has 0 saturated carbocycles. The van der Waals surface area contributed by atoms with E-state index in [2.05, 4.69) is 11.0 Å². The van der Waals surface area contributed by atoms with Crippen molar-refractivity contribution in [2.24, 2.45) is 0 Å². The van der Waals surface area contributed by atoms with Crippen LogP contribution >= 0.6 is 11.6 Å². The summed E-state index contributed by atoms with van der Waals surface area (Å²) in [5, 5.41) is 31.0. The zero-order valence-electron chi connectivity index (χ0n) is 19.5. The third-order valence-corrected chi connectivity index (χ3v) is 7.51. The molecule has 8 nitrogen and oxygen atoms in total. The number of aliphatic hydroxyl groups is 2. The Morgan fingerprint density at radius 2 is 2.00 bits per heavy atom. The number of benzene rings is 2. The van der Waals surface area contributed by atoms with Gasteiger partial charge in [0.25, 0.3) is 5.91 Å². The lowest BCUT2D eigenvalue weighted by Crippen LogP contribution is -2.46. The summed E-state index contributed by atoms with van der Waals surface area (Å²) in [6, 6.07) is 10.3. The molecular weight excluding hydrogens is 472 g/mol. The van der Waals surface area contributed by atoms with Gasteiger partial charge in [-0.1, -0.05) is 17.7 Å². The number of nitrogens with zero attached hydrogens (tertiary/aromatic N) is 2. The van der Waals surface area contributed by atoms with E-state index in [0.29, 0.717) is 31.7 Å². The zero-order valence-corrected chi connectivity index (χ0v) is 20.3. The van der Waals surface area contributed by atoms with Gasteiger partial charge < -0.3 is 34.6 Å². The lowest BCUT2D eigenvalue weighted by atomic mass is 9.84. The van der Waals surface area contributed by atoms with Gasteiger partial charge in [-0.15, -0.1) is 0 Å². The minimum absolute atomic E-state index is 0.00810. The van der Waals surface area contributed by atoms with E-state index in [1.165, 1.54) is 23.8 Å². The molecule has 3 aliphatic heterocycles. The van der Waals surface area contributed by atoms with Gasteiger partial charge in [-0.3, -0.25) is 4.79 Å². The van der Waals surface area contributed by atoms with Crippen LogP contribution in [0.2, 0.25) is 5.02 Å². The summed E-state index contributed by atoms with van der Waals surface area (Å²) in [5.74, 6) is -0.0554. The maximum Gasteiger partial charge on any atom is 0.257 e. The third kappa shape index (κ3) is 5.13. The van der Waals surface area contributed by atoms with Gasteiger partial charge in [0.1, 0.15) is 24.2 Å². The molecule has 1 spiro atoms. The van der Waals surface area contributed by atoms with E-state index in [0.717, 1.165) is 36.5 Å². The summed E-state index contributed by atoms with van der Waals surface area (Å²) in [4.78, 5) is 16.6. The molecular formula is C26H31ClN2O6. The Morgan fingerprint density at radius 1 is 1.20 bits per heavy atom. The number of piperidine rings is 1. The Balaban J connectivity index is 1.16. The van der Waals surface area contributed by atoms with Crippen molar-refractivity contribution in [2.75, 3.05) is 39.3 Å². The van der Waals surface area contributed by atoms with E-state index in [4.69, 9.17) is 21.1 Å². The SMILES string of the molecule is O=C(c1ccc(O)cc1OC[C@H](O)CN1CCC2(CC1)OCc1cc(Cl)ccc12)N1CC[C@H](O)C1. The number of aromatic hydroxyl groups is 1. The number of rotatable bonds is 6. The van der Waals surface area contributed by atoms with Gasteiger partial charge in [-0.05, 0) is 54.7 Å². The van der Waals surface area contributed by atoms with Crippen molar-refractivity contribution >= 4 is 17.5 Å². The highest BCUT2D eigenvalue weighted by Gasteiger charge is 2.42. The van der Waals surface area contributed by atoms with Gasteiger partial charge in [0.2, 0.25) is 0 Å². The van der Waals surface area contributed by atoms with Gasteiger partial charge in [0.15, 0.2) is 0 Å². The number of phenolic OH excluding ortho intramolecular Hbond substituents is 1. The van der Waals surface area contributed by atoms with Crippen molar-refractivity contribution in [3.05, 3.63) is 58.1 Å². The fourth-order valence-electron chi connectivity index (χ4n) is 5.37. The number of ether oxygens (including phenoxy) is 2. The number of β-amino-alcohol motifs (C(OH)–C–C–N with tert-alkyl or cyclic N) is 2. The Hall–Kier alpha value is -2.36. The Bertz CT molecular complexity index is 1090. The molecule has 188 valence electrons. The molecule has 2 aromatic rings. The number of hydrogen-bond acceptors (Lipinski definition) is 7. The molecule has 2 atom stereocenters. The monoisotopic (exact) mass is 502 g/mol. The van der Waals surface area contributed by atoms with Crippen LogP contribution in [0, 0.1) is 0 Å². The van der Waals surface area contributed by atoms with Crippen molar-refractivity contribution in [3.8, 4) is 11.5 Å². The minimum atomic E-state index is -0.765. The molecule has 2 saturated heterocycles. The largest absolute Gasteiger partial charge is 0.508 e. The average Bonchev–Trinajstić information content (AvgIpc) is 3.43. The first-order chi connectivity index (χ1) is 16.8. The van der Waals surface area contributed by atoms with Crippen molar-refractivity contribution < 1.29 is 29.6 Å². The molecule has 0 aliphatic carbocycles. The maximum atomic E-state index is 12.9. The summed E-state index contributed by atoms with van der Waals surface area (Å²) in [7, 11) is 0. The quantitative estimate of drug-likeness (QED) is 0.557. The van der Waals surface area contributed by atoms with Crippen LogP contribution in [0.4, 0.5) is 0 Å². The third-order valence-electron chi connectivity index (χ3n) is 7.27. The summed E-state index contributed by atoms with van der Waals surface area (Å²) >= 11 is 6.13. The van der Waals surface area contributed by atoms with Gasteiger partial charge in [-0.25, -0.2) is 0 Å². The van der Waals surface area contributed by atoms with Crippen LogP contribution in [0.3, 0.4) is 0 Å². The van der Waals surface area contributed by atoms with Gasteiger partial charge >= 0.3 is 0 Å². The lowest BCUT2D eigenvalue weighted by Gasteiger charge is -2.39. The molecule has 3 aliphatic rings. The molecule has 3 N–H and O–H groups in total. The van der Waals surface area contributed by atoms with E-state index in [-0.39, 0.29) is 36.2 Å². The fourth-order valence-corrected chi connectivity index (χ4v) is 5.57. The van der Waals surface area contributed by atoms with E-state index in [1.807, 2.05) is 12.1 Å². The smallest absolute Gasteiger partial charge is 0.257 e. The van der Waals surface area contributed by atoms with Crippen LogP contribution in [-0.2, 0) is 16.9 Å². The number of halogens is 1. The van der Waals surface area contributed by atoms with Crippen LogP contribution in [0.15, 0.2) is 36.4 Å². The lowest BCUT2D eigenvalue weighted by molar-refractivity contribution is -0.0835. The van der Waals surface area contributed by atoms with Crippen LogP contribution in [0.5, 0.6) is 11.5 Å². The highest BCUT2D eigenvalue weighted by molar-refractivity contribution is 6.30. The van der Waals surface area contributed by atoms with Crippen molar-refractivity contribution in [2.45, 2.75) is 43.7 Å². The number of aliphatic hydroxyl groups excluding tert-OH is 2. The topological polar surface area (TPSA) is 103 Å². The molecule has 35 heavy (non-hydrogen) atoms. The number of phenols is 1. The first-order valence-electron chi connectivity index (χ1n) is 12.1. The van der Waals surface area contributed by atoms with Crippen molar-refractivity contribution in [3.63, 3.8) is 0 Å². The van der Waals surface area contributed by atoms with E-state index < -0.39 is 12.2 Å². The number of carbonyl (C=O) groups excluding carboxylic acids is 1. The van der Waals surface area contributed by atoms with Crippen molar-refractivity contribution in [1.29, 1.82) is 0 Å². The Labute approximate surface area is 209 Å². The van der Waals surface area contributed by atoms with Crippen molar-refractivity contribution in [1.82, 2.24) is 9.80 Å². The van der Waals surface area contributed by atoms with Gasteiger partial charge in [0.05, 0.1) is 23.9 Å². The fraction of sp³-hybridized carbons (Fsp3) is 0.500. The predicted molar refractivity (Wildman–Crippen MR) is 130 cm³/mol. The first-order valence-corrected chi connectivity index (χ1v) is 12.5. The predicted octanol–water partition coefficient (Wildman–Crippen LogP) is 2.51. The molecule has 3 heterocycles.